The zero-order valence-corrected chi connectivity index (χ0v) is 9.32. The van der Waals surface area contributed by atoms with Gasteiger partial charge in [0.15, 0.2) is 0 Å². The lowest BCUT2D eigenvalue weighted by Gasteiger charge is -2.01. The maximum absolute atomic E-state index is 5.72. The Labute approximate surface area is 90.7 Å². The molecule has 0 spiro atoms. The molecule has 0 radical (unpaired) electrons. The molecule has 1 aromatic heterocycles. The second-order valence-corrected chi connectivity index (χ2v) is 3.80. The minimum absolute atomic E-state index is 0.556. The Morgan fingerprint density at radius 3 is 2.43 bits per heavy atom. The second kappa shape index (κ2) is 3.46. The summed E-state index contributed by atoms with van der Waals surface area (Å²) in [5, 5.41) is 4.23. The van der Waals surface area contributed by atoms with Gasteiger partial charge in [0.2, 0.25) is 0 Å². The van der Waals surface area contributed by atoms with Crippen LogP contribution in [0.25, 0.3) is 5.69 Å². The van der Waals surface area contributed by atoms with Gasteiger partial charge in [-0.25, -0.2) is 4.68 Å². The Morgan fingerprint density at radius 1 is 1.29 bits per heavy atom. The predicted octanol–water partition coefficient (Wildman–Crippen LogP) is 2.53. The zero-order chi connectivity index (χ0) is 10.1. The van der Waals surface area contributed by atoms with Crippen LogP contribution in [-0.4, -0.2) is 9.78 Å². The summed E-state index contributed by atoms with van der Waals surface area (Å²) in [6.45, 7) is 1.94. The van der Waals surface area contributed by atoms with Crippen LogP contribution in [-0.2, 0) is 0 Å². The van der Waals surface area contributed by atoms with Gasteiger partial charge in [0, 0.05) is 5.56 Å². The van der Waals surface area contributed by atoms with Crippen molar-refractivity contribution in [3.8, 4) is 5.69 Å². The van der Waals surface area contributed by atoms with E-state index in [9.17, 15) is 0 Å². The van der Waals surface area contributed by atoms with Crippen molar-refractivity contribution in [2.75, 3.05) is 5.73 Å². The molecule has 0 amide bonds. The van der Waals surface area contributed by atoms with Gasteiger partial charge in [0.05, 0.1) is 5.69 Å². The highest BCUT2D eigenvalue weighted by Gasteiger charge is 2.09. The number of anilines is 1. The number of nitrogens with zero attached hydrogens (tertiary/aromatic N) is 2. The number of rotatable bonds is 1. The van der Waals surface area contributed by atoms with E-state index in [-0.39, 0.29) is 0 Å². The van der Waals surface area contributed by atoms with Crippen LogP contribution >= 0.6 is 15.9 Å². The van der Waals surface area contributed by atoms with Crippen molar-refractivity contribution < 1.29 is 0 Å². The lowest BCUT2D eigenvalue weighted by Crippen LogP contribution is -1.96. The number of hydrogen-bond donors (Lipinski definition) is 1. The molecule has 72 valence electrons. The van der Waals surface area contributed by atoms with Gasteiger partial charge in [0.25, 0.3) is 0 Å². The molecule has 0 aliphatic rings. The molecule has 2 rings (SSSR count). The molecule has 1 aromatic carbocycles. The van der Waals surface area contributed by atoms with Gasteiger partial charge in [-0.1, -0.05) is 18.2 Å². The van der Waals surface area contributed by atoms with Crippen molar-refractivity contribution in [2.45, 2.75) is 6.92 Å². The van der Waals surface area contributed by atoms with Crippen LogP contribution in [0.5, 0.6) is 0 Å². The first kappa shape index (κ1) is 9.27. The summed E-state index contributed by atoms with van der Waals surface area (Å²) in [5.74, 6) is 0.556. The molecule has 0 bridgehead atoms. The lowest BCUT2D eigenvalue weighted by atomic mass is 10.3. The maximum Gasteiger partial charge on any atom is 0.150 e. The summed E-state index contributed by atoms with van der Waals surface area (Å²) >= 11 is 3.46. The van der Waals surface area contributed by atoms with Crippen LogP contribution in [0.3, 0.4) is 0 Å². The van der Waals surface area contributed by atoms with E-state index in [0.29, 0.717) is 5.82 Å². The first-order valence-corrected chi connectivity index (χ1v) is 5.05. The van der Waals surface area contributed by atoms with Crippen LogP contribution in [0.4, 0.5) is 5.82 Å². The standard InChI is InChI=1S/C10H10BrN3/c1-7-9(11)14(13-10(7)12)8-5-3-2-4-6-8/h2-6H,1H3,(H2,12,13). The summed E-state index contributed by atoms with van der Waals surface area (Å²) in [7, 11) is 0. The summed E-state index contributed by atoms with van der Waals surface area (Å²) in [6.07, 6.45) is 0. The first-order chi connectivity index (χ1) is 6.70. The van der Waals surface area contributed by atoms with Crippen molar-refractivity contribution in [1.29, 1.82) is 0 Å². The number of nitrogens with two attached hydrogens (primary N) is 1. The smallest absolute Gasteiger partial charge is 0.150 e. The van der Waals surface area contributed by atoms with Crippen LogP contribution < -0.4 is 5.73 Å². The average molecular weight is 252 g/mol. The quantitative estimate of drug-likeness (QED) is 0.847. The largest absolute Gasteiger partial charge is 0.382 e. The third-order valence-corrected chi connectivity index (χ3v) is 3.02. The number of hydrogen-bond acceptors (Lipinski definition) is 2. The van der Waals surface area contributed by atoms with Crippen LogP contribution in [0.1, 0.15) is 5.56 Å². The van der Waals surface area contributed by atoms with Crippen molar-refractivity contribution in [3.63, 3.8) is 0 Å². The fourth-order valence-corrected chi connectivity index (χ4v) is 1.72. The van der Waals surface area contributed by atoms with Crippen LogP contribution in [0.15, 0.2) is 34.9 Å². The van der Waals surface area contributed by atoms with Crippen LogP contribution in [0.2, 0.25) is 0 Å². The molecule has 3 nitrogen and oxygen atoms in total. The van der Waals surface area contributed by atoms with Gasteiger partial charge in [-0.3, -0.25) is 0 Å². The third-order valence-electron chi connectivity index (χ3n) is 2.09. The number of benzene rings is 1. The molecule has 0 atom stereocenters. The van der Waals surface area contributed by atoms with Gasteiger partial charge < -0.3 is 5.73 Å². The van der Waals surface area contributed by atoms with Crippen molar-refractivity contribution >= 4 is 21.7 Å². The number of nitrogen functional groups attached to an aromatic ring is 1. The first-order valence-electron chi connectivity index (χ1n) is 4.26. The highest BCUT2D eigenvalue weighted by Crippen LogP contribution is 2.24. The van der Waals surface area contributed by atoms with E-state index in [1.165, 1.54) is 0 Å². The van der Waals surface area contributed by atoms with Gasteiger partial charge in [-0.05, 0) is 35.0 Å². The summed E-state index contributed by atoms with van der Waals surface area (Å²) < 4.78 is 2.69. The highest BCUT2D eigenvalue weighted by atomic mass is 79.9. The molecule has 4 heteroatoms. The van der Waals surface area contributed by atoms with Crippen molar-refractivity contribution in [1.82, 2.24) is 9.78 Å². The van der Waals surface area contributed by atoms with Crippen molar-refractivity contribution in [3.05, 3.63) is 40.5 Å². The Balaban J connectivity index is 2.58. The number of aromatic nitrogens is 2. The summed E-state index contributed by atoms with van der Waals surface area (Å²) in [6, 6.07) is 9.87. The second-order valence-electron chi connectivity index (χ2n) is 3.05. The molecule has 1 heterocycles. The van der Waals surface area contributed by atoms with Crippen LogP contribution in [0, 0.1) is 6.92 Å². The highest BCUT2D eigenvalue weighted by molar-refractivity contribution is 9.10. The molecule has 2 aromatic rings. The molecule has 0 saturated carbocycles. The lowest BCUT2D eigenvalue weighted by molar-refractivity contribution is 0.864. The Bertz CT molecular complexity index is 448. The summed E-state index contributed by atoms with van der Waals surface area (Å²) in [4.78, 5) is 0. The fourth-order valence-electron chi connectivity index (χ4n) is 1.23. The minimum Gasteiger partial charge on any atom is -0.382 e. The molecular weight excluding hydrogens is 242 g/mol. The van der Waals surface area contributed by atoms with Gasteiger partial charge in [-0.15, -0.1) is 5.10 Å². The Kier molecular flexibility index (Phi) is 2.29. The SMILES string of the molecule is Cc1c(N)nn(-c2ccccc2)c1Br. The van der Waals surface area contributed by atoms with E-state index in [2.05, 4.69) is 21.0 Å². The van der Waals surface area contributed by atoms with Gasteiger partial charge >= 0.3 is 0 Å². The van der Waals surface area contributed by atoms with E-state index >= 15 is 0 Å². The monoisotopic (exact) mass is 251 g/mol. The molecule has 2 N–H and O–H groups in total. The molecule has 0 unspecified atom stereocenters. The Morgan fingerprint density at radius 2 is 1.93 bits per heavy atom. The molecule has 0 aliphatic heterocycles. The maximum atomic E-state index is 5.72. The van der Waals surface area contributed by atoms with E-state index < -0.39 is 0 Å². The van der Waals surface area contributed by atoms with E-state index in [0.717, 1.165) is 15.9 Å². The molecule has 0 fully saturated rings. The third kappa shape index (κ3) is 1.42. The minimum atomic E-state index is 0.556. The zero-order valence-electron chi connectivity index (χ0n) is 7.74. The molecule has 0 aliphatic carbocycles. The van der Waals surface area contributed by atoms with E-state index in [1.54, 1.807) is 4.68 Å². The Hall–Kier alpha value is -1.29. The molecule has 14 heavy (non-hydrogen) atoms. The van der Waals surface area contributed by atoms with E-state index in [4.69, 9.17) is 5.73 Å². The normalized spacial score (nSPS) is 10.4. The van der Waals surface area contributed by atoms with E-state index in [1.807, 2.05) is 37.3 Å². The summed E-state index contributed by atoms with van der Waals surface area (Å²) in [5.41, 5.74) is 7.68. The van der Waals surface area contributed by atoms with Crippen molar-refractivity contribution in [2.24, 2.45) is 0 Å². The topological polar surface area (TPSA) is 43.8 Å². The number of para-hydroxylation sites is 1. The molecule has 0 saturated heterocycles. The predicted molar refractivity (Wildman–Crippen MR) is 60.4 cm³/mol. The average Bonchev–Trinajstić information content (AvgIpc) is 2.47. The van der Waals surface area contributed by atoms with Gasteiger partial charge in [0.1, 0.15) is 10.4 Å². The van der Waals surface area contributed by atoms with Gasteiger partial charge in [-0.2, -0.15) is 0 Å². The number of halogens is 1. The fraction of sp³-hybridized carbons (Fsp3) is 0.100. The molecular formula is C10H10BrN3.